The molecule has 0 aromatic heterocycles. The number of carbonyl (C=O) groups is 2. The van der Waals surface area contributed by atoms with Gasteiger partial charge in [0.05, 0.1) is 0 Å². The summed E-state index contributed by atoms with van der Waals surface area (Å²) in [5.74, 6) is 0.276. The van der Waals surface area contributed by atoms with E-state index >= 15 is 0 Å². The van der Waals surface area contributed by atoms with Crippen molar-refractivity contribution in [2.75, 3.05) is 0 Å². The second kappa shape index (κ2) is 7.57. The molecule has 1 aromatic rings. The second-order valence-corrected chi connectivity index (χ2v) is 3.45. The average molecular weight is 218 g/mol. The van der Waals surface area contributed by atoms with Gasteiger partial charge in [0, 0.05) is 5.56 Å². The highest BCUT2D eigenvalue weighted by molar-refractivity contribution is 5.93. The zero-order chi connectivity index (χ0) is 12.6. The van der Waals surface area contributed by atoms with Crippen LogP contribution in [0.5, 0.6) is 0 Å². The van der Waals surface area contributed by atoms with Crippen molar-refractivity contribution in [2.45, 2.75) is 27.7 Å². The molecule has 0 amide bonds. The molecule has 0 saturated carbocycles. The van der Waals surface area contributed by atoms with Crippen molar-refractivity contribution >= 4 is 11.6 Å². The van der Waals surface area contributed by atoms with E-state index in [-0.39, 0.29) is 11.6 Å². The first-order valence-corrected chi connectivity index (χ1v) is 5.18. The lowest BCUT2D eigenvalue weighted by Crippen LogP contribution is -1.88. The number of Topliss-reactive ketones (excluding diaryl/α,β-unsaturated/α-hetero) is 2. The van der Waals surface area contributed by atoms with Gasteiger partial charge in [0.25, 0.3) is 0 Å². The van der Waals surface area contributed by atoms with Gasteiger partial charge in [-0.05, 0) is 33.3 Å². The zero-order valence-corrected chi connectivity index (χ0v) is 10.3. The fraction of sp³-hybridized carbons (Fsp3) is 0.286. The fourth-order valence-electron chi connectivity index (χ4n) is 0.876. The van der Waals surface area contributed by atoms with Crippen LogP contribution in [-0.4, -0.2) is 11.6 Å². The smallest absolute Gasteiger partial charge is 0.159 e. The number of benzene rings is 1. The second-order valence-electron chi connectivity index (χ2n) is 3.45. The Hall–Kier alpha value is -1.70. The highest BCUT2D eigenvalue weighted by Crippen LogP contribution is 1.97. The largest absolute Gasteiger partial charge is 0.295 e. The highest BCUT2D eigenvalue weighted by atomic mass is 16.1. The Balaban J connectivity index is 0.000000293. The molecule has 86 valence electrons. The number of allylic oxidation sites excluding steroid dienone is 2. The van der Waals surface area contributed by atoms with Crippen LogP contribution < -0.4 is 0 Å². The standard InChI is InChI=1S/C8H8O.C6H10O/c1-7(9)8-5-3-2-4-6-8;1-4-5(2)6(3)7/h2-6H,1H3;4H,1-3H3/b;5-4-. The van der Waals surface area contributed by atoms with Crippen molar-refractivity contribution in [1.29, 1.82) is 0 Å². The lowest BCUT2D eigenvalue weighted by atomic mass is 10.2. The molecule has 0 unspecified atom stereocenters. The van der Waals surface area contributed by atoms with E-state index in [2.05, 4.69) is 0 Å². The van der Waals surface area contributed by atoms with E-state index < -0.39 is 0 Å². The first-order valence-electron chi connectivity index (χ1n) is 5.18. The van der Waals surface area contributed by atoms with E-state index in [0.717, 1.165) is 11.1 Å². The summed E-state index contributed by atoms with van der Waals surface area (Å²) in [5, 5.41) is 0. The van der Waals surface area contributed by atoms with Crippen LogP contribution in [0.1, 0.15) is 38.1 Å². The summed E-state index contributed by atoms with van der Waals surface area (Å²) in [6.45, 7) is 6.80. The van der Waals surface area contributed by atoms with Gasteiger partial charge < -0.3 is 0 Å². The van der Waals surface area contributed by atoms with Crippen LogP contribution in [0.2, 0.25) is 0 Å². The first-order chi connectivity index (χ1) is 7.49. The Kier molecular flexibility index (Phi) is 6.77. The van der Waals surface area contributed by atoms with Crippen LogP contribution in [0, 0.1) is 0 Å². The molecule has 0 atom stereocenters. The lowest BCUT2D eigenvalue weighted by molar-refractivity contribution is -0.113. The number of ketones is 2. The van der Waals surface area contributed by atoms with Gasteiger partial charge in [-0.2, -0.15) is 0 Å². The highest BCUT2D eigenvalue weighted by Gasteiger charge is 1.92. The molecule has 1 aromatic carbocycles. The third-order valence-corrected chi connectivity index (χ3v) is 2.17. The molecular formula is C14H18O2. The van der Waals surface area contributed by atoms with Crippen molar-refractivity contribution in [2.24, 2.45) is 0 Å². The van der Waals surface area contributed by atoms with E-state index in [4.69, 9.17) is 0 Å². The summed E-state index contributed by atoms with van der Waals surface area (Å²) in [5.41, 5.74) is 1.61. The maximum Gasteiger partial charge on any atom is 0.159 e. The van der Waals surface area contributed by atoms with Gasteiger partial charge in [-0.3, -0.25) is 9.59 Å². The Labute approximate surface area is 97.0 Å². The summed E-state index contributed by atoms with van der Waals surface area (Å²) in [7, 11) is 0. The van der Waals surface area contributed by atoms with Gasteiger partial charge in [-0.25, -0.2) is 0 Å². The van der Waals surface area contributed by atoms with E-state index in [1.54, 1.807) is 13.8 Å². The molecule has 1 rings (SSSR count). The van der Waals surface area contributed by atoms with Crippen molar-refractivity contribution in [1.82, 2.24) is 0 Å². The molecule has 2 nitrogen and oxygen atoms in total. The van der Waals surface area contributed by atoms with Crippen LogP contribution in [0.25, 0.3) is 0 Å². The first kappa shape index (κ1) is 14.3. The summed E-state index contributed by atoms with van der Waals surface area (Å²) in [4.78, 5) is 21.0. The minimum Gasteiger partial charge on any atom is -0.295 e. The molecule has 0 aliphatic carbocycles. The van der Waals surface area contributed by atoms with E-state index in [1.165, 1.54) is 0 Å². The number of rotatable bonds is 2. The summed E-state index contributed by atoms with van der Waals surface area (Å²) in [6.07, 6.45) is 1.81. The Morgan fingerprint density at radius 1 is 1.00 bits per heavy atom. The Morgan fingerprint density at radius 2 is 1.50 bits per heavy atom. The van der Waals surface area contributed by atoms with E-state index in [9.17, 15) is 9.59 Å². The Morgan fingerprint density at radius 3 is 1.69 bits per heavy atom. The number of carbonyl (C=O) groups excluding carboxylic acids is 2. The molecular weight excluding hydrogens is 200 g/mol. The van der Waals surface area contributed by atoms with Crippen LogP contribution in [0.3, 0.4) is 0 Å². The van der Waals surface area contributed by atoms with E-state index in [1.807, 2.05) is 50.3 Å². The monoisotopic (exact) mass is 218 g/mol. The predicted molar refractivity (Wildman–Crippen MR) is 66.6 cm³/mol. The van der Waals surface area contributed by atoms with Crippen LogP contribution in [0.4, 0.5) is 0 Å². The topological polar surface area (TPSA) is 34.1 Å². The summed E-state index contributed by atoms with van der Waals surface area (Å²) < 4.78 is 0. The molecule has 2 heteroatoms. The molecule has 0 aliphatic heterocycles. The minimum atomic E-state index is 0.121. The lowest BCUT2D eigenvalue weighted by Gasteiger charge is -1.89. The number of hydrogen-bond acceptors (Lipinski definition) is 2. The van der Waals surface area contributed by atoms with Crippen molar-refractivity contribution in [3.8, 4) is 0 Å². The van der Waals surface area contributed by atoms with Gasteiger partial charge in [-0.1, -0.05) is 36.4 Å². The maximum atomic E-state index is 10.6. The molecule has 16 heavy (non-hydrogen) atoms. The summed E-state index contributed by atoms with van der Waals surface area (Å²) >= 11 is 0. The minimum absolute atomic E-state index is 0.121. The molecule has 0 bridgehead atoms. The molecule has 0 spiro atoms. The predicted octanol–water partition coefficient (Wildman–Crippen LogP) is 3.43. The van der Waals surface area contributed by atoms with Gasteiger partial charge >= 0.3 is 0 Å². The fourth-order valence-corrected chi connectivity index (χ4v) is 0.876. The van der Waals surface area contributed by atoms with E-state index in [0.29, 0.717) is 0 Å². The summed E-state index contributed by atoms with van der Waals surface area (Å²) in [6, 6.07) is 9.23. The Bertz CT molecular complexity index is 375. The van der Waals surface area contributed by atoms with Gasteiger partial charge in [-0.15, -0.1) is 0 Å². The van der Waals surface area contributed by atoms with Crippen LogP contribution >= 0.6 is 0 Å². The number of hydrogen-bond donors (Lipinski definition) is 0. The molecule has 0 saturated heterocycles. The quantitative estimate of drug-likeness (QED) is 0.563. The molecule has 0 N–H and O–H groups in total. The van der Waals surface area contributed by atoms with Crippen molar-refractivity contribution in [3.63, 3.8) is 0 Å². The molecule has 0 aliphatic rings. The average Bonchev–Trinajstić information content (AvgIpc) is 2.29. The molecule has 0 radical (unpaired) electrons. The molecule has 0 heterocycles. The van der Waals surface area contributed by atoms with Crippen LogP contribution in [-0.2, 0) is 4.79 Å². The zero-order valence-electron chi connectivity index (χ0n) is 10.3. The third-order valence-electron chi connectivity index (χ3n) is 2.17. The van der Waals surface area contributed by atoms with Gasteiger partial charge in [0.2, 0.25) is 0 Å². The SMILES string of the molecule is C/C=C(/C)C(C)=O.CC(=O)c1ccccc1. The van der Waals surface area contributed by atoms with Crippen molar-refractivity contribution < 1.29 is 9.59 Å². The maximum absolute atomic E-state index is 10.6. The molecule has 0 fully saturated rings. The van der Waals surface area contributed by atoms with Crippen LogP contribution in [0.15, 0.2) is 42.0 Å². The normalized spacial score (nSPS) is 10.1. The van der Waals surface area contributed by atoms with Gasteiger partial charge in [0.1, 0.15) is 0 Å². The third kappa shape index (κ3) is 5.91. The van der Waals surface area contributed by atoms with Crippen molar-refractivity contribution in [3.05, 3.63) is 47.5 Å². The van der Waals surface area contributed by atoms with Gasteiger partial charge in [0.15, 0.2) is 11.6 Å².